The molecule has 1 aromatic heterocycles. The molecule has 2 atom stereocenters. The number of hydrogen-bond acceptors (Lipinski definition) is 6. The molecule has 0 unspecified atom stereocenters. The van der Waals surface area contributed by atoms with Crippen LogP contribution in [0.5, 0.6) is 0 Å². The topological polar surface area (TPSA) is 94.0 Å². The lowest BCUT2D eigenvalue weighted by molar-refractivity contribution is -0.125. The Bertz CT molecular complexity index is 932. The molecule has 0 aromatic carbocycles. The van der Waals surface area contributed by atoms with Crippen LogP contribution in [0.1, 0.15) is 75.6 Å². The normalized spacial score (nSPS) is 23.7. The smallest absolute Gasteiger partial charge is 0.410 e. The van der Waals surface area contributed by atoms with Gasteiger partial charge in [-0.25, -0.2) is 4.79 Å². The number of aromatic nitrogens is 2. The lowest BCUT2D eigenvalue weighted by Gasteiger charge is -2.35. The van der Waals surface area contributed by atoms with Gasteiger partial charge in [0.1, 0.15) is 12.1 Å². The number of nitrogens with zero attached hydrogens (tertiary/aromatic N) is 4. The molecule has 2 aliphatic heterocycles. The Morgan fingerprint density at radius 2 is 1.68 bits per heavy atom. The van der Waals surface area contributed by atoms with Crippen LogP contribution in [-0.4, -0.2) is 81.4 Å². The van der Waals surface area contributed by atoms with E-state index in [0.717, 1.165) is 30.5 Å². The first kappa shape index (κ1) is 24.7. The van der Waals surface area contributed by atoms with E-state index in [2.05, 4.69) is 5.10 Å². The Morgan fingerprint density at radius 1 is 1.03 bits per heavy atom. The average molecular weight is 475 g/mol. The number of amides is 2. The monoisotopic (exact) mass is 474 g/mol. The molecular weight excluding hydrogens is 436 g/mol. The molecular formula is C25H38N4O5. The van der Waals surface area contributed by atoms with Gasteiger partial charge in [0.05, 0.1) is 12.2 Å². The third-order valence-corrected chi connectivity index (χ3v) is 6.82. The highest BCUT2D eigenvalue weighted by Crippen LogP contribution is 2.28. The highest BCUT2D eigenvalue weighted by Gasteiger charge is 2.34. The Kier molecular flexibility index (Phi) is 7.03. The summed E-state index contributed by atoms with van der Waals surface area (Å²) in [5, 5.41) is 4.65. The number of ether oxygens (including phenoxy) is 2. The van der Waals surface area contributed by atoms with Gasteiger partial charge in [-0.2, -0.15) is 5.10 Å². The standard InChI is InChI=1S/C25H38N4O5/c1-16-13-28(14-17(2)33-16)23(31)22-19-7-6-8-20(19)29(26-22)15-21(30)18-9-11-27(12-10-18)24(32)34-25(3,4)5/h16-18H,6-15H2,1-5H3/t16-,17+. The predicted octanol–water partition coefficient (Wildman–Crippen LogP) is 2.84. The van der Waals surface area contributed by atoms with Gasteiger partial charge in [0.25, 0.3) is 5.91 Å². The number of carbonyl (C=O) groups excluding carboxylic acids is 3. The summed E-state index contributed by atoms with van der Waals surface area (Å²) in [4.78, 5) is 42.3. The van der Waals surface area contributed by atoms with Gasteiger partial charge in [0.15, 0.2) is 11.5 Å². The second-order valence-electron chi connectivity index (χ2n) is 11.0. The van der Waals surface area contributed by atoms with Crippen LogP contribution in [0.4, 0.5) is 4.79 Å². The van der Waals surface area contributed by atoms with E-state index >= 15 is 0 Å². The van der Waals surface area contributed by atoms with E-state index in [0.29, 0.717) is 44.7 Å². The fourth-order valence-corrected chi connectivity index (χ4v) is 5.29. The number of hydrogen-bond donors (Lipinski definition) is 0. The van der Waals surface area contributed by atoms with Crippen molar-refractivity contribution in [1.82, 2.24) is 19.6 Å². The molecule has 1 aromatic rings. The van der Waals surface area contributed by atoms with Gasteiger partial charge in [0, 0.05) is 43.4 Å². The Balaban J connectivity index is 1.40. The quantitative estimate of drug-likeness (QED) is 0.666. The Hall–Kier alpha value is -2.42. The number of ketones is 1. The molecule has 2 saturated heterocycles. The second-order valence-corrected chi connectivity index (χ2v) is 11.0. The van der Waals surface area contributed by atoms with Crippen molar-refractivity contribution >= 4 is 17.8 Å². The molecule has 3 heterocycles. The number of fused-ring (bicyclic) bond motifs is 1. The molecule has 0 bridgehead atoms. The lowest BCUT2D eigenvalue weighted by Crippen LogP contribution is -2.48. The molecule has 9 heteroatoms. The van der Waals surface area contributed by atoms with Gasteiger partial charge in [-0.05, 0) is 66.7 Å². The molecule has 0 spiro atoms. The molecule has 34 heavy (non-hydrogen) atoms. The third kappa shape index (κ3) is 5.45. The van der Waals surface area contributed by atoms with Crippen LogP contribution >= 0.6 is 0 Å². The fourth-order valence-electron chi connectivity index (χ4n) is 5.29. The molecule has 9 nitrogen and oxygen atoms in total. The number of rotatable bonds is 4. The molecule has 0 saturated carbocycles. The number of carbonyl (C=O) groups is 3. The first-order valence-electron chi connectivity index (χ1n) is 12.6. The third-order valence-electron chi connectivity index (χ3n) is 6.82. The van der Waals surface area contributed by atoms with Crippen molar-refractivity contribution < 1.29 is 23.9 Å². The number of likely N-dealkylation sites (tertiary alicyclic amines) is 1. The number of morpholine rings is 1. The fraction of sp³-hybridized carbons (Fsp3) is 0.760. The summed E-state index contributed by atoms with van der Waals surface area (Å²) in [6.07, 6.45) is 3.56. The zero-order valence-corrected chi connectivity index (χ0v) is 21.1. The summed E-state index contributed by atoms with van der Waals surface area (Å²) in [5.74, 6) is -0.0503. The minimum absolute atomic E-state index is 0.00374. The molecule has 0 N–H and O–H groups in total. The van der Waals surface area contributed by atoms with Crippen molar-refractivity contribution in [3.8, 4) is 0 Å². The van der Waals surface area contributed by atoms with E-state index in [4.69, 9.17) is 9.47 Å². The summed E-state index contributed by atoms with van der Waals surface area (Å²) in [7, 11) is 0. The predicted molar refractivity (Wildman–Crippen MR) is 126 cm³/mol. The minimum Gasteiger partial charge on any atom is -0.444 e. The maximum atomic E-state index is 13.3. The van der Waals surface area contributed by atoms with Crippen LogP contribution in [0.3, 0.4) is 0 Å². The molecule has 4 rings (SSSR count). The molecule has 188 valence electrons. The largest absolute Gasteiger partial charge is 0.444 e. The van der Waals surface area contributed by atoms with Gasteiger partial charge in [-0.15, -0.1) is 0 Å². The van der Waals surface area contributed by atoms with Gasteiger partial charge in [0.2, 0.25) is 0 Å². The number of piperidine rings is 1. The maximum absolute atomic E-state index is 13.3. The summed E-state index contributed by atoms with van der Waals surface area (Å²) in [6, 6.07) is 0. The zero-order chi connectivity index (χ0) is 24.6. The van der Waals surface area contributed by atoms with Crippen LogP contribution in [0.15, 0.2) is 0 Å². The number of Topliss-reactive ketones (excluding diaryl/α,β-unsaturated/α-hetero) is 1. The van der Waals surface area contributed by atoms with E-state index in [9.17, 15) is 14.4 Å². The lowest BCUT2D eigenvalue weighted by atomic mass is 9.92. The van der Waals surface area contributed by atoms with Gasteiger partial charge >= 0.3 is 6.09 Å². The van der Waals surface area contributed by atoms with Crippen molar-refractivity contribution in [2.24, 2.45) is 5.92 Å². The van der Waals surface area contributed by atoms with E-state index in [1.807, 2.05) is 39.5 Å². The zero-order valence-electron chi connectivity index (χ0n) is 21.1. The van der Waals surface area contributed by atoms with Crippen LogP contribution in [0, 0.1) is 5.92 Å². The van der Waals surface area contributed by atoms with E-state index in [-0.39, 0.29) is 42.5 Å². The van der Waals surface area contributed by atoms with Crippen LogP contribution < -0.4 is 0 Å². The molecule has 3 aliphatic rings. The first-order chi connectivity index (χ1) is 16.0. The van der Waals surface area contributed by atoms with Crippen molar-refractivity contribution in [2.75, 3.05) is 26.2 Å². The highest BCUT2D eigenvalue weighted by atomic mass is 16.6. The van der Waals surface area contributed by atoms with Crippen molar-refractivity contribution in [2.45, 2.75) is 91.1 Å². The van der Waals surface area contributed by atoms with Crippen molar-refractivity contribution in [1.29, 1.82) is 0 Å². The summed E-state index contributed by atoms with van der Waals surface area (Å²) in [5.41, 5.74) is 2.00. The van der Waals surface area contributed by atoms with Gasteiger partial charge in [-0.1, -0.05) is 0 Å². The van der Waals surface area contributed by atoms with Crippen molar-refractivity contribution in [3.63, 3.8) is 0 Å². The summed E-state index contributed by atoms with van der Waals surface area (Å²) >= 11 is 0. The molecule has 2 fully saturated rings. The van der Waals surface area contributed by atoms with Crippen LogP contribution in [-0.2, 0) is 33.7 Å². The van der Waals surface area contributed by atoms with Crippen LogP contribution in [0.2, 0.25) is 0 Å². The minimum atomic E-state index is -0.531. The second kappa shape index (κ2) is 9.68. The molecule has 1 aliphatic carbocycles. The van der Waals surface area contributed by atoms with Crippen molar-refractivity contribution in [3.05, 3.63) is 17.0 Å². The average Bonchev–Trinajstić information content (AvgIpc) is 3.35. The van der Waals surface area contributed by atoms with Gasteiger partial charge < -0.3 is 19.3 Å². The summed E-state index contributed by atoms with van der Waals surface area (Å²) < 4.78 is 13.0. The van der Waals surface area contributed by atoms with Crippen LogP contribution in [0.25, 0.3) is 0 Å². The SMILES string of the molecule is C[C@@H]1CN(C(=O)c2nn(CC(=O)C3CCN(C(=O)OC(C)(C)C)CC3)c3c2CCC3)C[C@H](C)O1. The summed E-state index contributed by atoms with van der Waals surface area (Å²) in [6.45, 7) is 11.8. The molecule has 0 radical (unpaired) electrons. The Labute approximate surface area is 201 Å². The Morgan fingerprint density at radius 3 is 2.29 bits per heavy atom. The van der Waals surface area contributed by atoms with E-state index in [1.54, 1.807) is 9.58 Å². The maximum Gasteiger partial charge on any atom is 0.410 e. The van der Waals surface area contributed by atoms with E-state index < -0.39 is 5.60 Å². The molecule has 2 amide bonds. The first-order valence-corrected chi connectivity index (χ1v) is 12.6. The highest BCUT2D eigenvalue weighted by molar-refractivity contribution is 5.94. The van der Waals surface area contributed by atoms with Gasteiger partial charge in [-0.3, -0.25) is 14.3 Å². The van der Waals surface area contributed by atoms with E-state index in [1.165, 1.54) is 0 Å².